The average molecular weight is 377 g/mol. The van der Waals surface area contributed by atoms with E-state index in [0.29, 0.717) is 12.2 Å². The highest BCUT2D eigenvalue weighted by atomic mass is 19.1. The molecule has 0 unspecified atom stereocenters. The zero-order valence-electron chi connectivity index (χ0n) is 15.7. The average Bonchev–Trinajstić information content (AvgIpc) is 3.11. The van der Waals surface area contributed by atoms with E-state index in [2.05, 4.69) is 10.3 Å². The van der Waals surface area contributed by atoms with Crippen molar-refractivity contribution in [2.24, 2.45) is 0 Å². The van der Waals surface area contributed by atoms with Gasteiger partial charge in [0.25, 0.3) is 5.91 Å². The molecule has 1 amide bonds. The number of imidazole rings is 1. The Bertz CT molecular complexity index is 1130. The molecule has 6 heteroatoms. The summed E-state index contributed by atoms with van der Waals surface area (Å²) in [7, 11) is 1.45. The smallest absolute Gasteiger partial charge is 0.258 e. The number of hydrogen-bond acceptors (Lipinski definition) is 3. The van der Waals surface area contributed by atoms with Gasteiger partial charge in [-0.3, -0.25) is 4.79 Å². The number of aryl methyl sites for hydroxylation is 1. The number of methoxy groups -OCH3 is 1. The second-order valence-electron chi connectivity index (χ2n) is 6.78. The molecule has 1 aromatic carbocycles. The number of rotatable bonds is 4. The van der Waals surface area contributed by atoms with E-state index in [-0.39, 0.29) is 5.56 Å². The van der Waals surface area contributed by atoms with Crippen LogP contribution in [0.1, 0.15) is 34.5 Å². The number of nitrogens with one attached hydrogen (secondary N) is 1. The number of amides is 1. The third-order valence-electron chi connectivity index (χ3n) is 4.77. The molecule has 0 saturated carbocycles. The van der Waals surface area contributed by atoms with E-state index >= 15 is 0 Å². The molecular weight excluding hydrogens is 357 g/mol. The second-order valence-corrected chi connectivity index (χ2v) is 6.78. The van der Waals surface area contributed by atoms with E-state index in [1.807, 2.05) is 48.0 Å². The van der Waals surface area contributed by atoms with Gasteiger partial charge in [0.1, 0.15) is 17.2 Å². The van der Waals surface area contributed by atoms with Crippen LogP contribution in [-0.2, 0) is 0 Å². The molecule has 1 aliphatic rings. The van der Waals surface area contributed by atoms with E-state index in [9.17, 15) is 9.18 Å². The van der Waals surface area contributed by atoms with Crippen LogP contribution < -0.4 is 10.1 Å². The van der Waals surface area contributed by atoms with Gasteiger partial charge < -0.3 is 14.5 Å². The quantitative estimate of drug-likeness (QED) is 0.738. The summed E-state index contributed by atoms with van der Waals surface area (Å²) in [5.74, 6) is -0.697. The first-order valence-corrected chi connectivity index (χ1v) is 9.04. The lowest BCUT2D eigenvalue weighted by atomic mass is 10.00. The Morgan fingerprint density at radius 2 is 2.04 bits per heavy atom. The van der Waals surface area contributed by atoms with E-state index in [1.54, 1.807) is 6.07 Å². The van der Waals surface area contributed by atoms with Gasteiger partial charge in [0, 0.05) is 24.2 Å². The molecule has 0 aliphatic heterocycles. The maximum atomic E-state index is 14.1. The van der Waals surface area contributed by atoms with Crippen molar-refractivity contribution in [3.8, 4) is 5.75 Å². The van der Waals surface area contributed by atoms with Crippen LogP contribution in [-0.4, -0.2) is 22.4 Å². The number of ether oxygens (including phenoxy) is 1. The van der Waals surface area contributed by atoms with E-state index < -0.39 is 11.7 Å². The van der Waals surface area contributed by atoms with Gasteiger partial charge in [-0.2, -0.15) is 0 Å². The normalized spacial score (nSPS) is 13.8. The molecule has 0 saturated heterocycles. The van der Waals surface area contributed by atoms with Crippen molar-refractivity contribution in [3.05, 3.63) is 83.2 Å². The minimum Gasteiger partial charge on any atom is -0.497 e. The molecule has 0 spiro atoms. The molecule has 0 bridgehead atoms. The van der Waals surface area contributed by atoms with Gasteiger partial charge in [-0.25, -0.2) is 9.37 Å². The molecule has 1 N–H and O–H groups in total. The number of nitrogens with zero attached hydrogens (tertiary/aromatic N) is 2. The van der Waals surface area contributed by atoms with Crippen LogP contribution >= 0.6 is 0 Å². The van der Waals surface area contributed by atoms with Crippen LogP contribution in [0.3, 0.4) is 0 Å². The molecule has 28 heavy (non-hydrogen) atoms. The molecule has 5 nitrogen and oxygen atoms in total. The maximum Gasteiger partial charge on any atom is 0.258 e. The first kappa shape index (κ1) is 18.0. The third kappa shape index (κ3) is 3.53. The van der Waals surface area contributed by atoms with Gasteiger partial charge in [0.2, 0.25) is 0 Å². The van der Waals surface area contributed by atoms with Crippen molar-refractivity contribution in [2.75, 3.05) is 7.11 Å². The SMILES string of the molecule is COc1ccc(C(=O)NC2=CC=C(c3cn4cc(C)ccc4n3)CC2)c(F)c1. The summed E-state index contributed by atoms with van der Waals surface area (Å²) in [4.78, 5) is 17.0. The van der Waals surface area contributed by atoms with E-state index in [4.69, 9.17) is 4.74 Å². The summed E-state index contributed by atoms with van der Waals surface area (Å²) in [5, 5.41) is 2.79. The largest absolute Gasteiger partial charge is 0.497 e. The number of hydrogen-bond donors (Lipinski definition) is 1. The lowest BCUT2D eigenvalue weighted by molar-refractivity contribution is 0.0960. The van der Waals surface area contributed by atoms with Crippen molar-refractivity contribution in [3.63, 3.8) is 0 Å². The number of halogens is 1. The molecule has 2 aromatic heterocycles. The van der Waals surface area contributed by atoms with Crippen LogP contribution in [0.25, 0.3) is 11.2 Å². The van der Waals surface area contributed by atoms with Gasteiger partial charge in [-0.1, -0.05) is 12.1 Å². The zero-order valence-corrected chi connectivity index (χ0v) is 15.7. The molecule has 142 valence electrons. The van der Waals surface area contributed by atoms with Crippen molar-refractivity contribution in [2.45, 2.75) is 19.8 Å². The number of allylic oxidation sites excluding steroid dienone is 4. The number of benzene rings is 1. The highest BCUT2D eigenvalue weighted by Crippen LogP contribution is 2.26. The van der Waals surface area contributed by atoms with Crippen molar-refractivity contribution in [1.82, 2.24) is 14.7 Å². The highest BCUT2D eigenvalue weighted by molar-refractivity contribution is 5.95. The molecule has 0 radical (unpaired) electrons. The molecule has 1 aliphatic carbocycles. The van der Waals surface area contributed by atoms with Crippen molar-refractivity contribution >= 4 is 17.1 Å². The Morgan fingerprint density at radius 1 is 1.18 bits per heavy atom. The fraction of sp³-hybridized carbons (Fsp3) is 0.182. The number of pyridine rings is 1. The standard InChI is InChI=1S/C22H20FN3O2/c1-14-3-10-21-25-20(13-26(21)12-14)15-4-6-16(7-5-15)24-22(27)18-9-8-17(28-2)11-19(18)23/h3-4,6,8-13H,5,7H2,1-2H3,(H,24,27). The lowest BCUT2D eigenvalue weighted by Crippen LogP contribution is -2.24. The summed E-state index contributed by atoms with van der Waals surface area (Å²) >= 11 is 0. The Morgan fingerprint density at radius 3 is 2.75 bits per heavy atom. The zero-order chi connectivity index (χ0) is 19.7. The first-order valence-electron chi connectivity index (χ1n) is 9.04. The Hall–Kier alpha value is -3.41. The van der Waals surface area contributed by atoms with Gasteiger partial charge in [0.15, 0.2) is 0 Å². The lowest BCUT2D eigenvalue weighted by Gasteiger charge is -2.15. The predicted octanol–water partition coefficient (Wildman–Crippen LogP) is 4.28. The fourth-order valence-electron chi connectivity index (χ4n) is 3.23. The van der Waals surface area contributed by atoms with Crippen LogP contribution in [0.2, 0.25) is 0 Å². The summed E-state index contributed by atoms with van der Waals surface area (Å²) in [6.45, 7) is 2.04. The topological polar surface area (TPSA) is 55.6 Å². The summed E-state index contributed by atoms with van der Waals surface area (Å²) in [6, 6.07) is 8.22. The maximum absolute atomic E-state index is 14.1. The van der Waals surface area contributed by atoms with Crippen LogP contribution in [0, 0.1) is 12.7 Å². The number of aromatic nitrogens is 2. The molecule has 4 rings (SSSR count). The minimum absolute atomic E-state index is 0.00722. The van der Waals surface area contributed by atoms with Gasteiger partial charge in [-0.15, -0.1) is 0 Å². The van der Waals surface area contributed by atoms with Gasteiger partial charge >= 0.3 is 0 Å². The predicted molar refractivity (Wildman–Crippen MR) is 106 cm³/mol. The molecule has 3 aromatic rings. The first-order chi connectivity index (χ1) is 13.5. The van der Waals surface area contributed by atoms with Gasteiger partial charge in [0.05, 0.1) is 18.4 Å². The number of fused-ring (bicyclic) bond motifs is 1. The summed E-state index contributed by atoms with van der Waals surface area (Å²) in [6.07, 6.45) is 9.27. The molecule has 2 heterocycles. The fourth-order valence-corrected chi connectivity index (χ4v) is 3.23. The van der Waals surface area contributed by atoms with Crippen LogP contribution in [0.5, 0.6) is 5.75 Å². The highest BCUT2D eigenvalue weighted by Gasteiger charge is 2.16. The second kappa shape index (κ2) is 7.31. The summed E-state index contributed by atoms with van der Waals surface area (Å²) < 4.78 is 21.0. The Balaban J connectivity index is 1.51. The van der Waals surface area contributed by atoms with Gasteiger partial charge in [-0.05, 0) is 55.2 Å². The Labute approximate surface area is 162 Å². The number of carbonyl (C=O) groups excluding carboxylic acids is 1. The van der Waals surface area contributed by atoms with Crippen LogP contribution in [0.15, 0.2) is 60.6 Å². The Kier molecular flexibility index (Phi) is 4.69. The third-order valence-corrected chi connectivity index (χ3v) is 4.77. The summed E-state index contributed by atoms with van der Waals surface area (Å²) in [5.41, 5.74) is 4.85. The van der Waals surface area contributed by atoms with Crippen molar-refractivity contribution < 1.29 is 13.9 Å². The van der Waals surface area contributed by atoms with E-state index in [1.165, 1.54) is 24.8 Å². The van der Waals surface area contributed by atoms with Crippen molar-refractivity contribution in [1.29, 1.82) is 0 Å². The molecule has 0 fully saturated rings. The monoisotopic (exact) mass is 377 g/mol. The number of carbonyl (C=O) groups is 1. The molecular formula is C22H20FN3O2. The van der Waals surface area contributed by atoms with E-state index in [0.717, 1.165) is 29.0 Å². The minimum atomic E-state index is -0.607. The molecule has 0 atom stereocenters. The van der Waals surface area contributed by atoms with Crippen LogP contribution in [0.4, 0.5) is 4.39 Å².